The number of benzene rings is 2. The molecule has 0 aromatic heterocycles. The molecule has 1 atom stereocenters. The standard InChI is InChI=1S/C21H23FN2O3/c1-16(27-21(26)18-9-5-6-10-19(18)22)20(25)24-13-11-23(12-14-24)15-17-7-3-2-4-8-17/h2-10,16H,11-15H2,1H3. The lowest BCUT2D eigenvalue weighted by Crippen LogP contribution is -2.51. The topological polar surface area (TPSA) is 49.9 Å². The summed E-state index contributed by atoms with van der Waals surface area (Å²) in [5.41, 5.74) is 1.08. The van der Waals surface area contributed by atoms with Crippen LogP contribution in [-0.2, 0) is 16.1 Å². The summed E-state index contributed by atoms with van der Waals surface area (Å²) in [4.78, 5) is 28.6. The molecule has 3 rings (SSSR count). The van der Waals surface area contributed by atoms with Gasteiger partial charge in [0, 0.05) is 32.7 Å². The highest BCUT2D eigenvalue weighted by Crippen LogP contribution is 2.13. The summed E-state index contributed by atoms with van der Waals surface area (Å²) in [6.07, 6.45) is -0.947. The Balaban J connectivity index is 1.50. The summed E-state index contributed by atoms with van der Waals surface area (Å²) in [7, 11) is 0. The maximum atomic E-state index is 13.7. The molecule has 1 amide bonds. The number of carbonyl (C=O) groups is 2. The number of piperazine rings is 1. The van der Waals surface area contributed by atoms with E-state index in [1.807, 2.05) is 18.2 Å². The van der Waals surface area contributed by atoms with E-state index >= 15 is 0 Å². The van der Waals surface area contributed by atoms with Crippen LogP contribution in [0, 0.1) is 5.82 Å². The van der Waals surface area contributed by atoms with Gasteiger partial charge in [0.25, 0.3) is 5.91 Å². The molecule has 2 aromatic carbocycles. The molecule has 1 aliphatic rings. The number of hydrogen-bond acceptors (Lipinski definition) is 4. The van der Waals surface area contributed by atoms with Gasteiger partial charge in [-0.3, -0.25) is 9.69 Å². The average Bonchev–Trinajstić information content (AvgIpc) is 2.69. The molecule has 1 fully saturated rings. The predicted octanol–water partition coefficient (Wildman–Crippen LogP) is 2.72. The molecule has 0 saturated carbocycles. The molecule has 1 unspecified atom stereocenters. The number of esters is 1. The van der Waals surface area contributed by atoms with Crippen molar-refractivity contribution in [1.82, 2.24) is 9.80 Å². The monoisotopic (exact) mass is 370 g/mol. The van der Waals surface area contributed by atoms with Gasteiger partial charge < -0.3 is 9.64 Å². The van der Waals surface area contributed by atoms with Gasteiger partial charge in [0.05, 0.1) is 5.56 Å². The minimum atomic E-state index is -0.947. The number of hydrogen-bond donors (Lipinski definition) is 0. The summed E-state index contributed by atoms with van der Waals surface area (Å²) < 4.78 is 18.8. The third kappa shape index (κ3) is 4.92. The Morgan fingerprint density at radius 1 is 1.00 bits per heavy atom. The molecule has 0 bridgehead atoms. The van der Waals surface area contributed by atoms with Gasteiger partial charge in [0.2, 0.25) is 0 Å². The molecular formula is C21H23FN2O3. The van der Waals surface area contributed by atoms with Crippen LogP contribution in [0.15, 0.2) is 54.6 Å². The maximum absolute atomic E-state index is 13.7. The smallest absolute Gasteiger partial charge is 0.341 e. The van der Waals surface area contributed by atoms with E-state index < -0.39 is 17.9 Å². The van der Waals surface area contributed by atoms with Crippen molar-refractivity contribution in [3.63, 3.8) is 0 Å². The molecule has 1 aliphatic heterocycles. The van der Waals surface area contributed by atoms with Gasteiger partial charge in [0.1, 0.15) is 5.82 Å². The van der Waals surface area contributed by atoms with Crippen LogP contribution in [0.2, 0.25) is 0 Å². The molecule has 0 radical (unpaired) electrons. The fourth-order valence-electron chi connectivity index (χ4n) is 3.13. The Labute approximate surface area is 158 Å². The van der Waals surface area contributed by atoms with Crippen molar-refractivity contribution in [3.8, 4) is 0 Å². The van der Waals surface area contributed by atoms with Gasteiger partial charge in [-0.2, -0.15) is 0 Å². The number of nitrogens with zero attached hydrogens (tertiary/aromatic N) is 2. The minimum absolute atomic E-state index is 0.162. The van der Waals surface area contributed by atoms with Crippen molar-refractivity contribution < 1.29 is 18.7 Å². The Morgan fingerprint density at radius 2 is 1.63 bits per heavy atom. The lowest BCUT2D eigenvalue weighted by atomic mass is 10.2. The van der Waals surface area contributed by atoms with Crippen LogP contribution in [0.25, 0.3) is 0 Å². The highest BCUT2D eigenvalue weighted by Gasteiger charge is 2.28. The van der Waals surface area contributed by atoms with Crippen molar-refractivity contribution >= 4 is 11.9 Å². The van der Waals surface area contributed by atoms with Crippen molar-refractivity contribution in [3.05, 3.63) is 71.5 Å². The first-order valence-corrected chi connectivity index (χ1v) is 9.05. The van der Waals surface area contributed by atoms with Crippen molar-refractivity contribution in [2.45, 2.75) is 19.6 Å². The largest absolute Gasteiger partial charge is 0.449 e. The van der Waals surface area contributed by atoms with E-state index in [2.05, 4.69) is 17.0 Å². The van der Waals surface area contributed by atoms with E-state index in [0.717, 1.165) is 19.6 Å². The van der Waals surface area contributed by atoms with E-state index in [9.17, 15) is 14.0 Å². The number of amides is 1. The highest BCUT2D eigenvalue weighted by atomic mass is 19.1. The van der Waals surface area contributed by atoms with Crippen molar-refractivity contribution in [1.29, 1.82) is 0 Å². The maximum Gasteiger partial charge on any atom is 0.341 e. The Kier molecular flexibility index (Phi) is 6.19. The van der Waals surface area contributed by atoms with Crippen molar-refractivity contribution in [2.75, 3.05) is 26.2 Å². The van der Waals surface area contributed by atoms with Crippen molar-refractivity contribution in [2.24, 2.45) is 0 Å². The Morgan fingerprint density at radius 3 is 2.30 bits per heavy atom. The lowest BCUT2D eigenvalue weighted by Gasteiger charge is -2.35. The summed E-state index contributed by atoms with van der Waals surface area (Å²) in [5, 5.41) is 0. The zero-order valence-corrected chi connectivity index (χ0v) is 15.3. The van der Waals surface area contributed by atoms with E-state index in [4.69, 9.17) is 4.74 Å². The van der Waals surface area contributed by atoms with Gasteiger partial charge in [-0.1, -0.05) is 42.5 Å². The van der Waals surface area contributed by atoms with E-state index in [-0.39, 0.29) is 11.5 Å². The third-order valence-corrected chi connectivity index (χ3v) is 4.66. The molecule has 2 aromatic rings. The molecule has 0 aliphatic carbocycles. The molecular weight excluding hydrogens is 347 g/mol. The third-order valence-electron chi connectivity index (χ3n) is 4.66. The second kappa shape index (κ2) is 8.77. The first-order chi connectivity index (χ1) is 13.0. The minimum Gasteiger partial charge on any atom is -0.449 e. The van der Waals surface area contributed by atoms with Gasteiger partial charge in [0.15, 0.2) is 6.10 Å². The van der Waals surface area contributed by atoms with Gasteiger partial charge in [-0.15, -0.1) is 0 Å². The molecule has 27 heavy (non-hydrogen) atoms. The molecule has 142 valence electrons. The zero-order chi connectivity index (χ0) is 19.2. The number of ether oxygens (including phenoxy) is 1. The SMILES string of the molecule is CC(OC(=O)c1ccccc1F)C(=O)N1CCN(Cc2ccccc2)CC1. The zero-order valence-electron chi connectivity index (χ0n) is 15.3. The quantitative estimate of drug-likeness (QED) is 0.760. The van der Waals surface area contributed by atoms with Crippen LogP contribution in [0.4, 0.5) is 4.39 Å². The molecule has 0 N–H and O–H groups in total. The van der Waals surface area contributed by atoms with Crippen LogP contribution >= 0.6 is 0 Å². The first kappa shape index (κ1) is 19.0. The van der Waals surface area contributed by atoms with Gasteiger partial charge in [-0.05, 0) is 24.6 Å². The van der Waals surface area contributed by atoms with Crippen LogP contribution < -0.4 is 0 Å². The Hall–Kier alpha value is -2.73. The predicted molar refractivity (Wildman–Crippen MR) is 99.6 cm³/mol. The Bertz CT molecular complexity index is 789. The number of carbonyl (C=O) groups excluding carboxylic acids is 2. The number of halogens is 1. The first-order valence-electron chi connectivity index (χ1n) is 9.05. The second-order valence-electron chi connectivity index (χ2n) is 6.61. The van der Waals surface area contributed by atoms with E-state index in [1.165, 1.54) is 30.7 Å². The van der Waals surface area contributed by atoms with Gasteiger partial charge >= 0.3 is 5.97 Å². The molecule has 5 nitrogen and oxygen atoms in total. The summed E-state index contributed by atoms with van der Waals surface area (Å²) in [6, 6.07) is 15.8. The van der Waals surface area contributed by atoms with E-state index in [0.29, 0.717) is 13.1 Å². The van der Waals surface area contributed by atoms with Crippen LogP contribution in [0.1, 0.15) is 22.8 Å². The average molecular weight is 370 g/mol. The summed E-state index contributed by atoms with van der Waals surface area (Å²) in [5.74, 6) is -1.73. The summed E-state index contributed by atoms with van der Waals surface area (Å²) >= 11 is 0. The highest BCUT2D eigenvalue weighted by molar-refractivity contribution is 5.92. The van der Waals surface area contributed by atoms with Crippen LogP contribution in [0.3, 0.4) is 0 Å². The second-order valence-corrected chi connectivity index (χ2v) is 6.61. The van der Waals surface area contributed by atoms with Gasteiger partial charge in [-0.25, -0.2) is 9.18 Å². The molecule has 6 heteroatoms. The molecule has 0 spiro atoms. The summed E-state index contributed by atoms with van der Waals surface area (Å²) in [6.45, 7) is 5.04. The lowest BCUT2D eigenvalue weighted by molar-refractivity contribution is -0.141. The van der Waals surface area contributed by atoms with E-state index in [1.54, 1.807) is 11.0 Å². The van der Waals surface area contributed by atoms with Crippen LogP contribution in [-0.4, -0.2) is 54.0 Å². The fourth-order valence-corrected chi connectivity index (χ4v) is 3.13. The fraction of sp³-hybridized carbons (Fsp3) is 0.333. The van der Waals surface area contributed by atoms with Crippen LogP contribution in [0.5, 0.6) is 0 Å². The number of rotatable bonds is 5. The molecule has 1 heterocycles. The molecule has 1 saturated heterocycles. The normalized spacial score (nSPS) is 16.0.